The Morgan fingerprint density at radius 1 is 0.641 bits per heavy atom. The summed E-state index contributed by atoms with van der Waals surface area (Å²) in [6.45, 7) is 5.85. The molecule has 3 rings (SSSR count). The molecular formula is C31H37IO6Si. The van der Waals surface area contributed by atoms with E-state index < -0.39 is 26.4 Å². The first-order valence-corrected chi connectivity index (χ1v) is 16.8. The molecule has 0 aromatic heterocycles. The fourth-order valence-electron chi connectivity index (χ4n) is 2.85. The molecule has 3 unspecified atom stereocenters. The van der Waals surface area contributed by atoms with Crippen molar-refractivity contribution in [1.82, 2.24) is 0 Å². The average Bonchev–Trinajstić information content (AvgIpc) is 2.95. The number of hydrogen-bond donors (Lipinski definition) is 6. The van der Waals surface area contributed by atoms with E-state index in [1.165, 1.54) is 0 Å². The lowest BCUT2D eigenvalue weighted by molar-refractivity contribution is 0.0956. The van der Waals surface area contributed by atoms with E-state index in [2.05, 4.69) is 59.6 Å². The van der Waals surface area contributed by atoms with Crippen molar-refractivity contribution < 1.29 is 30.6 Å². The Hall–Kier alpha value is -2.51. The maximum Gasteiger partial charge on any atom is 0.129 e. The first-order valence-electron chi connectivity index (χ1n) is 12.3. The van der Waals surface area contributed by atoms with E-state index in [0.29, 0.717) is 5.56 Å². The van der Waals surface area contributed by atoms with Gasteiger partial charge in [-0.2, -0.15) is 0 Å². The Morgan fingerprint density at radius 2 is 0.974 bits per heavy atom. The largest absolute Gasteiger partial charge is 0.393 e. The number of hydrogen-bond acceptors (Lipinski definition) is 6. The van der Waals surface area contributed by atoms with Gasteiger partial charge in [0.1, 0.15) is 26.4 Å². The number of terminal acetylenes is 1. The molecule has 6 N–H and O–H groups in total. The van der Waals surface area contributed by atoms with Gasteiger partial charge in [-0.1, -0.05) is 67.9 Å². The van der Waals surface area contributed by atoms with Gasteiger partial charge >= 0.3 is 0 Å². The molecule has 0 aliphatic carbocycles. The zero-order chi connectivity index (χ0) is 29.4. The van der Waals surface area contributed by atoms with Crippen LogP contribution in [0.15, 0.2) is 72.8 Å². The lowest BCUT2D eigenvalue weighted by Crippen LogP contribution is -2.16. The molecule has 0 heterocycles. The van der Waals surface area contributed by atoms with Crippen molar-refractivity contribution in [2.24, 2.45) is 0 Å². The van der Waals surface area contributed by atoms with Gasteiger partial charge in [0.15, 0.2) is 0 Å². The predicted octanol–water partition coefficient (Wildman–Crippen LogP) is 3.95. The van der Waals surface area contributed by atoms with Crippen LogP contribution in [0.2, 0.25) is 19.6 Å². The summed E-state index contributed by atoms with van der Waals surface area (Å²) < 4.78 is 1.12. The second-order valence-electron chi connectivity index (χ2n) is 9.54. The minimum atomic E-state index is -1.33. The molecule has 0 amide bonds. The van der Waals surface area contributed by atoms with Gasteiger partial charge in [0.05, 0.1) is 19.8 Å². The molecule has 0 bridgehead atoms. The fraction of sp³-hybridized carbons (Fsp3) is 0.290. The van der Waals surface area contributed by atoms with Gasteiger partial charge in [-0.05, 0) is 75.7 Å². The SMILES string of the molecule is C#Cc1ccc(C(O)CO)cc1.C[Si](C)(C)C#Cc1ccc(C(O)CO)cc1.OCC(O)c1ccc(I)cc1. The number of benzene rings is 3. The van der Waals surface area contributed by atoms with Crippen LogP contribution in [0.5, 0.6) is 0 Å². The quantitative estimate of drug-likeness (QED) is 0.135. The summed E-state index contributed by atoms with van der Waals surface area (Å²) in [5.41, 5.74) is 7.16. The van der Waals surface area contributed by atoms with Crippen molar-refractivity contribution in [2.75, 3.05) is 19.8 Å². The molecule has 3 atom stereocenters. The zero-order valence-corrected chi connectivity index (χ0v) is 25.6. The van der Waals surface area contributed by atoms with Crippen LogP contribution in [0.1, 0.15) is 46.1 Å². The van der Waals surface area contributed by atoms with Crippen LogP contribution in [-0.4, -0.2) is 58.5 Å². The third-order valence-electron chi connectivity index (χ3n) is 5.11. The van der Waals surface area contributed by atoms with Gasteiger partial charge < -0.3 is 30.6 Å². The Kier molecular flexibility index (Phi) is 15.9. The predicted molar refractivity (Wildman–Crippen MR) is 166 cm³/mol. The third-order valence-corrected chi connectivity index (χ3v) is 6.71. The molecule has 0 aliphatic rings. The topological polar surface area (TPSA) is 121 Å². The minimum Gasteiger partial charge on any atom is -0.393 e. The number of halogens is 1. The van der Waals surface area contributed by atoms with E-state index in [0.717, 1.165) is 25.8 Å². The van der Waals surface area contributed by atoms with E-state index >= 15 is 0 Å². The summed E-state index contributed by atoms with van der Waals surface area (Å²) in [7, 11) is -1.33. The summed E-state index contributed by atoms with van der Waals surface area (Å²) in [4.78, 5) is 0. The standard InChI is InChI=1S/C13H18O2Si.C10H10O2.C8H9IO2/c1-16(2,3)9-8-11-4-6-12(7-5-11)13(15)10-14;1-2-8-3-5-9(6-4-8)10(12)7-11;9-7-3-1-6(2-4-7)8(11)5-10/h4-7,13-15H,10H2,1-3H3;1,3-6,10-12H,7H2;1-4,8,10-11H,5H2. The minimum absolute atomic E-state index is 0.222. The Labute approximate surface area is 246 Å². The van der Waals surface area contributed by atoms with Gasteiger partial charge in [0.25, 0.3) is 0 Å². The highest BCUT2D eigenvalue weighted by molar-refractivity contribution is 14.1. The molecule has 0 aliphatic heterocycles. The van der Waals surface area contributed by atoms with Crippen LogP contribution in [0, 0.1) is 27.4 Å². The van der Waals surface area contributed by atoms with Gasteiger partial charge in [-0.25, -0.2) is 0 Å². The lowest BCUT2D eigenvalue weighted by atomic mass is 10.1. The molecule has 0 saturated heterocycles. The van der Waals surface area contributed by atoms with Crippen LogP contribution in [0.3, 0.4) is 0 Å². The van der Waals surface area contributed by atoms with Crippen molar-refractivity contribution in [3.8, 4) is 23.8 Å². The van der Waals surface area contributed by atoms with Gasteiger partial charge in [-0.15, -0.1) is 12.0 Å². The molecule has 0 fully saturated rings. The highest BCUT2D eigenvalue weighted by Gasteiger charge is 2.08. The average molecular weight is 661 g/mol. The first kappa shape index (κ1) is 34.5. The lowest BCUT2D eigenvalue weighted by Gasteiger charge is -2.07. The van der Waals surface area contributed by atoms with E-state index in [4.69, 9.17) is 26.8 Å². The van der Waals surface area contributed by atoms with Crippen LogP contribution in [0.4, 0.5) is 0 Å². The molecule has 0 radical (unpaired) electrons. The van der Waals surface area contributed by atoms with E-state index in [-0.39, 0.29) is 19.8 Å². The van der Waals surface area contributed by atoms with Crippen molar-refractivity contribution >= 4 is 30.7 Å². The normalized spacial score (nSPS) is 12.6. The molecule has 8 heteroatoms. The Morgan fingerprint density at radius 3 is 1.28 bits per heavy atom. The van der Waals surface area contributed by atoms with Gasteiger partial charge in [0, 0.05) is 14.7 Å². The van der Waals surface area contributed by atoms with Crippen molar-refractivity contribution in [1.29, 1.82) is 0 Å². The molecule has 0 saturated carbocycles. The molecular weight excluding hydrogens is 623 g/mol. The maximum atomic E-state index is 9.40. The third kappa shape index (κ3) is 13.9. The molecule has 39 heavy (non-hydrogen) atoms. The van der Waals surface area contributed by atoms with E-state index in [9.17, 15) is 10.2 Å². The second kappa shape index (κ2) is 18.0. The van der Waals surface area contributed by atoms with Crippen LogP contribution >= 0.6 is 22.6 Å². The second-order valence-corrected chi connectivity index (χ2v) is 15.5. The highest BCUT2D eigenvalue weighted by atomic mass is 127. The Bertz CT molecular complexity index is 1200. The van der Waals surface area contributed by atoms with Crippen molar-refractivity contribution in [3.05, 3.63) is 104 Å². The maximum absolute atomic E-state index is 9.40. The molecule has 6 nitrogen and oxygen atoms in total. The van der Waals surface area contributed by atoms with Gasteiger partial charge in [-0.3, -0.25) is 0 Å². The fourth-order valence-corrected chi connectivity index (χ4v) is 3.73. The van der Waals surface area contributed by atoms with Crippen molar-refractivity contribution in [2.45, 2.75) is 38.0 Å². The zero-order valence-electron chi connectivity index (χ0n) is 22.4. The van der Waals surface area contributed by atoms with E-state index in [1.54, 1.807) is 36.4 Å². The summed E-state index contributed by atoms with van der Waals surface area (Å²) in [6, 6.07) is 21.6. The monoisotopic (exact) mass is 660 g/mol. The summed E-state index contributed by atoms with van der Waals surface area (Å²) in [5, 5.41) is 53.8. The summed E-state index contributed by atoms with van der Waals surface area (Å²) >= 11 is 2.19. The highest BCUT2D eigenvalue weighted by Crippen LogP contribution is 2.15. The Balaban J connectivity index is 0.000000299. The number of aliphatic hydroxyl groups excluding tert-OH is 6. The van der Waals surface area contributed by atoms with Crippen LogP contribution in [0.25, 0.3) is 0 Å². The number of aliphatic hydroxyl groups is 6. The molecule has 0 spiro atoms. The molecule has 3 aromatic rings. The van der Waals surface area contributed by atoms with Gasteiger partial charge in [0.2, 0.25) is 0 Å². The number of rotatable bonds is 6. The van der Waals surface area contributed by atoms with Crippen LogP contribution in [-0.2, 0) is 0 Å². The first-order chi connectivity index (χ1) is 18.4. The van der Waals surface area contributed by atoms with Crippen molar-refractivity contribution in [3.63, 3.8) is 0 Å². The molecule has 208 valence electrons. The smallest absolute Gasteiger partial charge is 0.129 e. The van der Waals surface area contributed by atoms with Crippen LogP contribution < -0.4 is 0 Å². The molecule has 3 aromatic carbocycles. The summed E-state index contributed by atoms with van der Waals surface area (Å²) in [5.74, 6) is 5.60. The van der Waals surface area contributed by atoms with E-state index in [1.807, 2.05) is 36.4 Å². The summed E-state index contributed by atoms with van der Waals surface area (Å²) in [6.07, 6.45) is 2.80.